The van der Waals surface area contributed by atoms with Crippen LogP contribution in [0.1, 0.15) is 16.0 Å². The van der Waals surface area contributed by atoms with Crippen molar-refractivity contribution in [2.45, 2.75) is 20.8 Å². The van der Waals surface area contributed by atoms with E-state index in [0.717, 1.165) is 0 Å². The highest BCUT2D eigenvalue weighted by molar-refractivity contribution is 7.42. The van der Waals surface area contributed by atoms with E-state index >= 15 is 0 Å². The summed E-state index contributed by atoms with van der Waals surface area (Å²) in [5.74, 6) is 0. The molecule has 0 atom stereocenters. The summed E-state index contributed by atoms with van der Waals surface area (Å²) >= 11 is 7.64. The quantitative estimate of drug-likeness (QED) is 0.356. The Hall–Kier alpha value is -0.940. The van der Waals surface area contributed by atoms with E-state index in [9.17, 15) is 0 Å². The molecule has 0 fully saturated rings. The number of aryl methyl sites for hydroxylation is 3. The minimum absolute atomic E-state index is 1.39. The van der Waals surface area contributed by atoms with Crippen molar-refractivity contribution in [3.63, 3.8) is 0 Å². The van der Waals surface area contributed by atoms with Crippen molar-refractivity contribution in [2.24, 2.45) is 0 Å². The molecule has 4 aromatic heterocycles. The Morgan fingerprint density at radius 1 is 0.762 bits per heavy atom. The average molecular weight is 347 g/mol. The third kappa shape index (κ3) is 2.13. The highest BCUT2D eigenvalue weighted by Gasteiger charge is 2.19. The van der Waals surface area contributed by atoms with Crippen LogP contribution in [0.2, 0.25) is 0 Å². The summed E-state index contributed by atoms with van der Waals surface area (Å²) < 4.78 is 1.47. The molecule has 4 heterocycles. The second-order valence-electron chi connectivity index (χ2n) is 5.16. The molecular formula is C17H14S4. The lowest BCUT2D eigenvalue weighted by atomic mass is 10.1. The molecule has 4 rings (SSSR count). The molecule has 0 bridgehead atoms. The Kier molecular flexibility index (Phi) is 3.30. The summed E-state index contributed by atoms with van der Waals surface area (Å²) in [6.07, 6.45) is 0. The maximum Gasteiger partial charge on any atom is 0.0884 e. The van der Waals surface area contributed by atoms with Crippen LogP contribution in [-0.2, 0) is 0 Å². The van der Waals surface area contributed by atoms with Gasteiger partial charge in [0, 0.05) is 29.8 Å². The van der Waals surface area contributed by atoms with Crippen LogP contribution in [0, 0.1) is 20.8 Å². The normalized spacial score (nSPS) is 11.6. The van der Waals surface area contributed by atoms with Crippen LogP contribution >= 0.6 is 45.3 Å². The molecule has 4 heteroatoms. The first-order chi connectivity index (χ1) is 10.1. The van der Waals surface area contributed by atoms with E-state index in [1.165, 1.54) is 44.9 Å². The molecule has 0 spiro atoms. The third-order valence-electron chi connectivity index (χ3n) is 3.73. The molecule has 4 aromatic rings. The summed E-state index contributed by atoms with van der Waals surface area (Å²) in [5.41, 5.74) is 2.90. The maximum absolute atomic E-state index is 2.28. The number of thiophene rings is 4. The van der Waals surface area contributed by atoms with Gasteiger partial charge in [-0.25, -0.2) is 0 Å². The zero-order chi connectivity index (χ0) is 14.6. The van der Waals surface area contributed by atoms with Crippen molar-refractivity contribution in [1.82, 2.24) is 0 Å². The summed E-state index contributed by atoms with van der Waals surface area (Å²) in [5, 5.41) is 3.64. The van der Waals surface area contributed by atoms with E-state index in [1.807, 2.05) is 45.3 Å². The Morgan fingerprint density at radius 2 is 1.48 bits per heavy atom. The standard InChI is InChI=1S/C17H14S4/c1-9-6-7-13(19-9)16-11(3)14-10(2)15(20-17(14)21-16)12-5-4-8-18-12/h4-8H,1-3H3. The highest BCUT2D eigenvalue weighted by atomic mass is 32.2. The van der Waals surface area contributed by atoms with Crippen molar-refractivity contribution in [2.75, 3.05) is 0 Å². The first-order valence-electron chi connectivity index (χ1n) is 6.78. The zero-order valence-corrected chi connectivity index (χ0v) is 15.3. The number of hydrogen-bond acceptors (Lipinski definition) is 4. The lowest BCUT2D eigenvalue weighted by molar-refractivity contribution is 1.54. The molecule has 0 aliphatic carbocycles. The van der Waals surface area contributed by atoms with Crippen molar-refractivity contribution >= 4 is 54.7 Å². The fraction of sp³-hybridized carbons (Fsp3) is 0.176. The van der Waals surface area contributed by atoms with Crippen LogP contribution < -0.4 is 0 Å². The lowest BCUT2D eigenvalue weighted by Crippen LogP contribution is -1.75. The highest BCUT2D eigenvalue weighted by Crippen LogP contribution is 2.49. The van der Waals surface area contributed by atoms with E-state index in [1.54, 1.807) is 0 Å². The van der Waals surface area contributed by atoms with Gasteiger partial charge in [0.05, 0.1) is 4.01 Å². The summed E-state index contributed by atoms with van der Waals surface area (Å²) in [7, 11) is 0. The molecule has 0 saturated carbocycles. The van der Waals surface area contributed by atoms with Gasteiger partial charge in [-0.2, -0.15) is 0 Å². The second kappa shape index (κ2) is 5.06. The van der Waals surface area contributed by atoms with Gasteiger partial charge in [-0.15, -0.1) is 45.3 Å². The fourth-order valence-electron chi connectivity index (χ4n) is 2.71. The monoisotopic (exact) mass is 346 g/mol. The molecular weight excluding hydrogens is 332 g/mol. The van der Waals surface area contributed by atoms with Crippen LogP contribution in [0.15, 0.2) is 29.6 Å². The molecule has 0 aliphatic heterocycles. The third-order valence-corrected chi connectivity index (χ3v) is 8.64. The van der Waals surface area contributed by atoms with Gasteiger partial charge in [-0.1, -0.05) is 6.07 Å². The summed E-state index contributed by atoms with van der Waals surface area (Å²) in [4.78, 5) is 7.10. The topological polar surface area (TPSA) is 0 Å². The molecule has 0 nitrogen and oxygen atoms in total. The van der Waals surface area contributed by atoms with Crippen LogP contribution in [0.25, 0.3) is 28.9 Å². The van der Waals surface area contributed by atoms with Crippen LogP contribution in [0.3, 0.4) is 0 Å². The van der Waals surface area contributed by atoms with Gasteiger partial charge in [0.25, 0.3) is 0 Å². The van der Waals surface area contributed by atoms with Crippen molar-refractivity contribution in [3.8, 4) is 19.5 Å². The van der Waals surface area contributed by atoms with Gasteiger partial charge in [-0.05, 0) is 55.5 Å². The minimum Gasteiger partial charge on any atom is -0.143 e. The number of rotatable bonds is 2. The molecule has 0 amide bonds. The molecule has 21 heavy (non-hydrogen) atoms. The Labute approximate surface area is 140 Å². The molecule has 0 unspecified atom stereocenters. The van der Waals surface area contributed by atoms with E-state index < -0.39 is 0 Å². The van der Waals surface area contributed by atoms with Crippen molar-refractivity contribution < 1.29 is 0 Å². The summed E-state index contributed by atoms with van der Waals surface area (Å²) in [6.45, 7) is 6.73. The van der Waals surface area contributed by atoms with Gasteiger partial charge in [-0.3, -0.25) is 0 Å². The van der Waals surface area contributed by atoms with Crippen LogP contribution in [0.5, 0.6) is 0 Å². The van der Waals surface area contributed by atoms with E-state index in [2.05, 4.69) is 50.4 Å². The van der Waals surface area contributed by atoms with Gasteiger partial charge in [0.1, 0.15) is 0 Å². The zero-order valence-electron chi connectivity index (χ0n) is 12.0. The van der Waals surface area contributed by atoms with Gasteiger partial charge in [0.15, 0.2) is 0 Å². The molecule has 0 radical (unpaired) electrons. The van der Waals surface area contributed by atoms with Gasteiger partial charge >= 0.3 is 0 Å². The predicted molar refractivity (Wildman–Crippen MR) is 101 cm³/mol. The fourth-order valence-corrected chi connectivity index (χ4v) is 7.52. The minimum atomic E-state index is 1.39. The van der Waals surface area contributed by atoms with E-state index in [-0.39, 0.29) is 0 Å². The largest absolute Gasteiger partial charge is 0.143 e. The van der Waals surface area contributed by atoms with Crippen molar-refractivity contribution in [3.05, 3.63) is 45.6 Å². The van der Waals surface area contributed by atoms with Crippen LogP contribution in [0.4, 0.5) is 0 Å². The molecule has 0 aromatic carbocycles. The van der Waals surface area contributed by atoms with Gasteiger partial charge < -0.3 is 0 Å². The Morgan fingerprint density at radius 3 is 2.00 bits per heavy atom. The molecule has 0 aliphatic rings. The van der Waals surface area contributed by atoms with E-state index in [4.69, 9.17) is 0 Å². The second-order valence-corrected chi connectivity index (χ2v) is 9.70. The maximum atomic E-state index is 2.28. The Balaban J connectivity index is 1.93. The van der Waals surface area contributed by atoms with Crippen LogP contribution in [-0.4, -0.2) is 0 Å². The van der Waals surface area contributed by atoms with Gasteiger partial charge in [0.2, 0.25) is 0 Å². The molecule has 106 valence electrons. The molecule has 0 saturated heterocycles. The average Bonchev–Trinajstić information content (AvgIpc) is 3.17. The Bertz CT molecular complexity index is 916. The smallest absolute Gasteiger partial charge is 0.0884 e. The first kappa shape index (κ1) is 13.7. The number of fused-ring (bicyclic) bond motifs is 1. The SMILES string of the molecule is Cc1ccc(-c2sc3sc(-c4cccs4)c(C)c3c2C)s1. The van der Waals surface area contributed by atoms with E-state index in [0.29, 0.717) is 0 Å². The molecule has 0 N–H and O–H groups in total. The number of hydrogen-bond donors (Lipinski definition) is 0. The lowest BCUT2D eigenvalue weighted by Gasteiger charge is -1.98. The first-order valence-corrected chi connectivity index (χ1v) is 10.1. The predicted octanol–water partition coefficient (Wildman–Crippen LogP) is 7.35. The summed E-state index contributed by atoms with van der Waals surface area (Å²) in [6, 6.07) is 8.85. The van der Waals surface area contributed by atoms with Crippen molar-refractivity contribution in [1.29, 1.82) is 0 Å².